The van der Waals surface area contributed by atoms with Crippen molar-refractivity contribution in [3.05, 3.63) is 89.0 Å². The second kappa shape index (κ2) is 8.49. The van der Waals surface area contributed by atoms with Gasteiger partial charge >= 0.3 is 12.7 Å². The highest BCUT2D eigenvalue weighted by Crippen LogP contribution is 2.76. The monoisotopic (exact) mass is 549 g/mol. The fraction of sp³-hybridized carbons (Fsp3) is 0.286. The molecule has 2 fully saturated rings. The molecule has 11 heteroatoms. The third-order valence-corrected chi connectivity index (χ3v) is 7.41. The van der Waals surface area contributed by atoms with Gasteiger partial charge in [0, 0.05) is 5.41 Å². The second-order valence-corrected chi connectivity index (χ2v) is 9.91. The number of halogens is 6. The van der Waals surface area contributed by atoms with Gasteiger partial charge in [0.2, 0.25) is 11.8 Å². The number of imide groups is 1. The summed E-state index contributed by atoms with van der Waals surface area (Å²) < 4.78 is 84.2. The lowest BCUT2D eigenvalue weighted by atomic mass is 9.79. The number of hydrogen-bond donors (Lipinski definition) is 0. The number of carbonyl (C=O) groups is 2. The minimum absolute atomic E-state index is 0.343. The summed E-state index contributed by atoms with van der Waals surface area (Å²) in [4.78, 5) is 28.8. The second-order valence-electron chi connectivity index (χ2n) is 9.91. The normalized spacial score (nSPS) is 22.1. The van der Waals surface area contributed by atoms with Crippen LogP contribution in [0.1, 0.15) is 29.2 Å². The number of benzene rings is 3. The van der Waals surface area contributed by atoms with Crippen LogP contribution >= 0.6 is 0 Å². The smallest absolute Gasteiger partial charge is 0.406 e. The Hall–Kier alpha value is -4.02. The lowest BCUT2D eigenvalue weighted by Gasteiger charge is -2.30. The molecule has 0 aromatic heterocycles. The van der Waals surface area contributed by atoms with Crippen LogP contribution in [0.4, 0.5) is 32.0 Å². The zero-order chi connectivity index (χ0) is 28.5. The number of aryl methyl sites for hydroxylation is 2. The zero-order valence-corrected chi connectivity index (χ0v) is 20.8. The molecule has 0 N–H and O–H groups in total. The zero-order valence-electron chi connectivity index (χ0n) is 20.8. The number of ether oxygens (including phenoxy) is 2. The standard InChI is InChI=1S/C28H21F6NO4/c1-15-12-16(2)14-19(13-15)35-23(36)22-25(3,24(35)37)26(22,17-4-8-20(9-5-17)38-27(29,30)31)18-6-10-21(11-7-18)39-28(32,33)34/h4-14,22H,1-3H3/t22-,25-/m0/s1. The van der Waals surface area contributed by atoms with Crippen LogP contribution in [0.3, 0.4) is 0 Å². The van der Waals surface area contributed by atoms with Crippen molar-refractivity contribution < 1.29 is 45.4 Å². The molecule has 3 aromatic rings. The Balaban J connectivity index is 1.60. The Morgan fingerprint density at radius 1 is 0.718 bits per heavy atom. The SMILES string of the molecule is Cc1cc(C)cc(N2C(=O)[C@@H]3C(c4ccc(OC(F)(F)F)cc4)(c4ccc(OC(F)(F)F)cc4)[C@]3(C)C2=O)c1. The highest BCUT2D eigenvalue weighted by Gasteiger charge is 2.86. The van der Waals surface area contributed by atoms with Gasteiger partial charge < -0.3 is 9.47 Å². The predicted octanol–water partition coefficient (Wildman–Crippen LogP) is 6.60. The number of hydrogen-bond acceptors (Lipinski definition) is 4. The van der Waals surface area contributed by atoms with Crippen LogP contribution in [0.2, 0.25) is 0 Å². The molecule has 0 unspecified atom stereocenters. The van der Waals surface area contributed by atoms with Crippen molar-refractivity contribution in [2.75, 3.05) is 4.90 Å². The van der Waals surface area contributed by atoms with E-state index < -0.39 is 52.8 Å². The van der Waals surface area contributed by atoms with Crippen LogP contribution < -0.4 is 14.4 Å². The van der Waals surface area contributed by atoms with E-state index in [2.05, 4.69) is 9.47 Å². The topological polar surface area (TPSA) is 55.8 Å². The number of piperidine rings is 1. The van der Waals surface area contributed by atoms with Gasteiger partial charge in [-0.3, -0.25) is 9.59 Å². The van der Waals surface area contributed by atoms with E-state index in [9.17, 15) is 35.9 Å². The Morgan fingerprint density at radius 2 is 1.13 bits per heavy atom. The molecule has 39 heavy (non-hydrogen) atoms. The number of fused-ring (bicyclic) bond motifs is 1. The Morgan fingerprint density at radius 3 is 1.46 bits per heavy atom. The van der Waals surface area contributed by atoms with E-state index in [4.69, 9.17) is 0 Å². The number of nitrogens with zero attached hydrogens (tertiary/aromatic N) is 1. The van der Waals surface area contributed by atoms with Crippen molar-refractivity contribution in [1.29, 1.82) is 0 Å². The van der Waals surface area contributed by atoms with E-state index in [-0.39, 0.29) is 0 Å². The minimum Gasteiger partial charge on any atom is -0.406 e. The number of carbonyl (C=O) groups excluding carboxylic acids is 2. The average Bonchev–Trinajstić information content (AvgIpc) is 3.31. The fourth-order valence-corrected chi connectivity index (χ4v) is 6.07. The van der Waals surface area contributed by atoms with E-state index in [0.29, 0.717) is 16.8 Å². The van der Waals surface area contributed by atoms with Crippen LogP contribution in [-0.4, -0.2) is 24.5 Å². The van der Waals surface area contributed by atoms with Gasteiger partial charge in [-0.1, -0.05) is 30.3 Å². The molecule has 2 aliphatic rings. The first kappa shape index (κ1) is 26.6. The van der Waals surface area contributed by atoms with Crippen molar-refractivity contribution in [2.24, 2.45) is 11.3 Å². The van der Waals surface area contributed by atoms with Crippen molar-refractivity contribution in [3.63, 3.8) is 0 Å². The van der Waals surface area contributed by atoms with Crippen molar-refractivity contribution in [1.82, 2.24) is 0 Å². The average molecular weight is 549 g/mol. The van der Waals surface area contributed by atoms with Crippen LogP contribution in [0.25, 0.3) is 0 Å². The number of alkyl halides is 6. The lowest BCUT2D eigenvalue weighted by molar-refractivity contribution is -0.275. The first-order valence-electron chi connectivity index (χ1n) is 11.8. The van der Waals surface area contributed by atoms with E-state index in [1.807, 2.05) is 19.9 Å². The van der Waals surface area contributed by atoms with Gasteiger partial charge in [0.1, 0.15) is 11.5 Å². The Labute approximate surface area is 218 Å². The molecule has 1 saturated carbocycles. The summed E-state index contributed by atoms with van der Waals surface area (Å²) in [7, 11) is 0. The highest BCUT2D eigenvalue weighted by atomic mass is 19.4. The summed E-state index contributed by atoms with van der Waals surface area (Å²) in [6.45, 7) is 5.23. The third-order valence-electron chi connectivity index (χ3n) is 7.41. The number of rotatable bonds is 5. The Bertz CT molecular complexity index is 1380. The van der Waals surface area contributed by atoms with Crippen molar-refractivity contribution in [2.45, 2.75) is 38.9 Å². The van der Waals surface area contributed by atoms with E-state index in [0.717, 1.165) is 40.3 Å². The fourth-order valence-electron chi connectivity index (χ4n) is 6.07. The van der Waals surface area contributed by atoms with Crippen LogP contribution in [0.5, 0.6) is 11.5 Å². The van der Waals surface area contributed by atoms with E-state index in [1.165, 1.54) is 24.3 Å². The molecule has 1 aliphatic carbocycles. The molecule has 0 radical (unpaired) electrons. The van der Waals surface area contributed by atoms with E-state index in [1.54, 1.807) is 19.1 Å². The predicted molar refractivity (Wildman–Crippen MR) is 127 cm³/mol. The maximum absolute atomic E-state index is 13.9. The van der Waals surface area contributed by atoms with E-state index >= 15 is 0 Å². The molecule has 1 saturated heterocycles. The molecule has 0 spiro atoms. The molecule has 1 aliphatic heterocycles. The molecule has 5 nitrogen and oxygen atoms in total. The molecule has 1 heterocycles. The molecule has 3 aromatic carbocycles. The minimum atomic E-state index is -4.92. The van der Waals surface area contributed by atoms with Gasteiger partial charge in [0.25, 0.3) is 0 Å². The summed E-state index contributed by atoms with van der Waals surface area (Å²) in [5, 5.41) is 0. The summed E-state index contributed by atoms with van der Waals surface area (Å²) in [5.41, 5.74) is 0.0513. The summed E-state index contributed by atoms with van der Waals surface area (Å²) >= 11 is 0. The van der Waals surface area contributed by atoms with Gasteiger partial charge in [-0.25, -0.2) is 4.90 Å². The first-order valence-corrected chi connectivity index (χ1v) is 11.8. The molecule has 204 valence electrons. The summed E-state index contributed by atoms with van der Waals surface area (Å²) in [6.07, 6.45) is -9.85. The number of anilines is 1. The molecule has 5 rings (SSSR count). The van der Waals surface area contributed by atoms with Gasteiger partial charge in [0.05, 0.1) is 17.0 Å². The summed E-state index contributed by atoms with van der Waals surface area (Å²) in [6, 6.07) is 14.9. The molecular formula is C28H21F6NO4. The maximum atomic E-state index is 13.9. The van der Waals surface area contributed by atoms with Gasteiger partial charge in [-0.2, -0.15) is 0 Å². The lowest BCUT2D eigenvalue weighted by Crippen LogP contribution is -2.42. The largest absolute Gasteiger partial charge is 0.573 e. The van der Waals surface area contributed by atoms with Crippen molar-refractivity contribution >= 4 is 17.5 Å². The van der Waals surface area contributed by atoms with Crippen LogP contribution in [0, 0.1) is 25.2 Å². The molecule has 2 amide bonds. The molecule has 2 atom stereocenters. The van der Waals surface area contributed by atoms with Crippen LogP contribution in [-0.2, 0) is 15.0 Å². The summed E-state index contributed by atoms with van der Waals surface area (Å²) in [5.74, 6) is -2.99. The van der Waals surface area contributed by atoms with Gasteiger partial charge in [-0.05, 0) is 79.4 Å². The first-order chi connectivity index (χ1) is 18.1. The van der Waals surface area contributed by atoms with Gasteiger partial charge in [0.15, 0.2) is 0 Å². The molecular weight excluding hydrogens is 528 g/mol. The van der Waals surface area contributed by atoms with Crippen LogP contribution in [0.15, 0.2) is 66.7 Å². The maximum Gasteiger partial charge on any atom is 0.573 e. The quantitative estimate of drug-likeness (QED) is 0.266. The van der Waals surface area contributed by atoms with Gasteiger partial charge in [-0.15, -0.1) is 26.3 Å². The highest BCUT2D eigenvalue weighted by molar-refractivity contribution is 6.29. The van der Waals surface area contributed by atoms with Crippen molar-refractivity contribution in [3.8, 4) is 11.5 Å². The molecule has 0 bridgehead atoms. The Kier molecular flexibility index (Phi) is 5.79. The third kappa shape index (κ3) is 4.20. The number of amides is 2.